The van der Waals surface area contributed by atoms with Crippen molar-refractivity contribution >= 4 is 0 Å². The van der Waals surface area contributed by atoms with Gasteiger partial charge in [-0.05, 0) is 74.1 Å². The van der Waals surface area contributed by atoms with E-state index in [9.17, 15) is 0 Å². The molecule has 22 heavy (non-hydrogen) atoms. The van der Waals surface area contributed by atoms with Gasteiger partial charge in [-0.2, -0.15) is 5.10 Å². The van der Waals surface area contributed by atoms with E-state index in [4.69, 9.17) is 5.10 Å². The molecule has 1 aliphatic carbocycles. The minimum Gasteiger partial charge on any atom is -0.240 e. The van der Waals surface area contributed by atoms with E-state index >= 15 is 0 Å². The highest BCUT2D eigenvalue weighted by molar-refractivity contribution is 5.71. The predicted octanol–water partition coefficient (Wildman–Crippen LogP) is 4.56. The molecule has 1 heterocycles. The average molecular weight is 288 g/mol. The van der Waals surface area contributed by atoms with E-state index in [1.54, 1.807) is 0 Å². The Morgan fingerprint density at radius 3 is 2.32 bits per heavy atom. The van der Waals surface area contributed by atoms with Crippen LogP contribution < -0.4 is 0 Å². The maximum absolute atomic E-state index is 4.88. The molecule has 2 aromatic carbocycles. The summed E-state index contributed by atoms with van der Waals surface area (Å²) in [6.07, 6.45) is 4.39. The number of rotatable bonds is 1. The SMILES string of the molecule is Cc1ccc(-n2cc3c(n2)-c2cc(C)c(C)cc2CC3)cc1. The first-order chi connectivity index (χ1) is 10.6. The molecule has 3 aromatic rings. The molecule has 0 unspecified atom stereocenters. The third kappa shape index (κ3) is 2.07. The third-order valence-corrected chi connectivity index (χ3v) is 4.73. The zero-order valence-corrected chi connectivity index (χ0v) is 13.4. The van der Waals surface area contributed by atoms with Crippen molar-refractivity contribution in [2.75, 3.05) is 0 Å². The molecule has 0 aliphatic heterocycles. The van der Waals surface area contributed by atoms with Gasteiger partial charge < -0.3 is 0 Å². The minimum absolute atomic E-state index is 1.08. The second-order valence-corrected chi connectivity index (χ2v) is 6.38. The Morgan fingerprint density at radius 1 is 0.864 bits per heavy atom. The first-order valence-corrected chi connectivity index (χ1v) is 7.88. The number of fused-ring (bicyclic) bond motifs is 3. The summed E-state index contributed by atoms with van der Waals surface area (Å²) in [5.74, 6) is 0. The Hall–Kier alpha value is -2.35. The van der Waals surface area contributed by atoms with Crippen molar-refractivity contribution in [2.24, 2.45) is 0 Å². The van der Waals surface area contributed by atoms with E-state index in [0.717, 1.165) is 24.2 Å². The Morgan fingerprint density at radius 2 is 1.55 bits per heavy atom. The van der Waals surface area contributed by atoms with Crippen LogP contribution in [0.4, 0.5) is 0 Å². The number of nitrogens with zero attached hydrogens (tertiary/aromatic N) is 2. The van der Waals surface area contributed by atoms with Gasteiger partial charge in [-0.25, -0.2) is 4.68 Å². The van der Waals surface area contributed by atoms with E-state index in [1.807, 2.05) is 4.68 Å². The summed E-state index contributed by atoms with van der Waals surface area (Å²) in [5.41, 5.74) is 10.4. The Kier molecular flexibility index (Phi) is 2.93. The molecule has 0 saturated heterocycles. The molecule has 4 rings (SSSR count). The fourth-order valence-electron chi connectivity index (χ4n) is 3.22. The van der Waals surface area contributed by atoms with Crippen LogP contribution in [0.3, 0.4) is 0 Å². The van der Waals surface area contributed by atoms with Crippen LogP contribution in [0.25, 0.3) is 16.9 Å². The summed E-state index contributed by atoms with van der Waals surface area (Å²) in [5, 5.41) is 4.88. The molecular weight excluding hydrogens is 268 g/mol. The van der Waals surface area contributed by atoms with Crippen LogP contribution in [-0.4, -0.2) is 9.78 Å². The van der Waals surface area contributed by atoms with E-state index in [2.05, 4.69) is 63.4 Å². The maximum Gasteiger partial charge on any atom is 0.0962 e. The number of hydrogen-bond donors (Lipinski definition) is 0. The molecule has 0 saturated carbocycles. The van der Waals surface area contributed by atoms with Crippen LogP contribution in [0.5, 0.6) is 0 Å². The first-order valence-electron chi connectivity index (χ1n) is 7.88. The molecule has 0 bridgehead atoms. The van der Waals surface area contributed by atoms with Gasteiger partial charge in [0.25, 0.3) is 0 Å². The van der Waals surface area contributed by atoms with Gasteiger partial charge in [-0.3, -0.25) is 0 Å². The lowest BCUT2D eigenvalue weighted by Crippen LogP contribution is -2.03. The number of benzene rings is 2. The highest BCUT2D eigenvalue weighted by Gasteiger charge is 2.20. The zero-order valence-electron chi connectivity index (χ0n) is 13.4. The lowest BCUT2D eigenvalue weighted by atomic mass is 9.88. The summed E-state index contributed by atoms with van der Waals surface area (Å²) in [6, 6.07) is 13.2. The van der Waals surface area contributed by atoms with Crippen molar-refractivity contribution in [3.05, 3.63) is 70.4 Å². The monoisotopic (exact) mass is 288 g/mol. The van der Waals surface area contributed by atoms with Crippen molar-refractivity contribution in [3.8, 4) is 16.9 Å². The minimum atomic E-state index is 1.08. The Balaban J connectivity index is 1.84. The summed E-state index contributed by atoms with van der Waals surface area (Å²) >= 11 is 0. The van der Waals surface area contributed by atoms with Crippen LogP contribution in [-0.2, 0) is 12.8 Å². The van der Waals surface area contributed by atoms with Crippen molar-refractivity contribution in [3.63, 3.8) is 0 Å². The molecule has 0 N–H and O–H groups in total. The number of hydrogen-bond acceptors (Lipinski definition) is 1. The lowest BCUT2D eigenvalue weighted by molar-refractivity contribution is 0.883. The van der Waals surface area contributed by atoms with Crippen molar-refractivity contribution in [1.82, 2.24) is 9.78 Å². The average Bonchev–Trinajstić information content (AvgIpc) is 2.94. The topological polar surface area (TPSA) is 17.8 Å². The van der Waals surface area contributed by atoms with E-state index in [-0.39, 0.29) is 0 Å². The number of aryl methyl sites for hydroxylation is 5. The Bertz CT molecular complexity index is 854. The molecule has 0 fully saturated rings. The van der Waals surface area contributed by atoms with Crippen molar-refractivity contribution in [1.29, 1.82) is 0 Å². The van der Waals surface area contributed by atoms with Gasteiger partial charge in [0.15, 0.2) is 0 Å². The molecule has 2 nitrogen and oxygen atoms in total. The smallest absolute Gasteiger partial charge is 0.0962 e. The third-order valence-electron chi connectivity index (χ3n) is 4.73. The maximum atomic E-state index is 4.88. The van der Waals surface area contributed by atoms with Crippen LogP contribution >= 0.6 is 0 Å². The first kappa shape index (κ1) is 13.3. The lowest BCUT2D eigenvalue weighted by Gasteiger charge is -2.17. The summed E-state index contributed by atoms with van der Waals surface area (Å²) in [6.45, 7) is 6.48. The van der Waals surface area contributed by atoms with Crippen LogP contribution in [0.15, 0.2) is 42.6 Å². The van der Waals surface area contributed by atoms with E-state index in [0.29, 0.717) is 0 Å². The van der Waals surface area contributed by atoms with E-state index < -0.39 is 0 Å². The summed E-state index contributed by atoms with van der Waals surface area (Å²) in [4.78, 5) is 0. The second kappa shape index (κ2) is 4.84. The van der Waals surface area contributed by atoms with Crippen LogP contribution in [0, 0.1) is 20.8 Å². The highest BCUT2D eigenvalue weighted by atomic mass is 15.3. The van der Waals surface area contributed by atoms with Gasteiger partial charge in [-0.15, -0.1) is 0 Å². The fraction of sp³-hybridized carbons (Fsp3) is 0.250. The zero-order chi connectivity index (χ0) is 15.3. The molecule has 0 amide bonds. The van der Waals surface area contributed by atoms with Crippen LogP contribution in [0.2, 0.25) is 0 Å². The standard InChI is InChI=1S/C20H20N2/c1-13-4-8-18(9-5-13)22-12-17-7-6-16-10-14(2)15(3)11-19(16)20(17)21-22/h4-5,8-12H,6-7H2,1-3H3. The number of aromatic nitrogens is 2. The summed E-state index contributed by atoms with van der Waals surface area (Å²) < 4.78 is 2.02. The normalized spacial score (nSPS) is 12.9. The van der Waals surface area contributed by atoms with Crippen molar-refractivity contribution < 1.29 is 0 Å². The van der Waals surface area contributed by atoms with Gasteiger partial charge in [0.05, 0.1) is 11.4 Å². The molecule has 0 radical (unpaired) electrons. The molecule has 2 heteroatoms. The van der Waals surface area contributed by atoms with Crippen molar-refractivity contribution in [2.45, 2.75) is 33.6 Å². The Labute approximate surface area is 131 Å². The van der Waals surface area contributed by atoms with E-state index in [1.165, 1.54) is 33.4 Å². The van der Waals surface area contributed by atoms with Gasteiger partial charge >= 0.3 is 0 Å². The fourth-order valence-corrected chi connectivity index (χ4v) is 3.22. The van der Waals surface area contributed by atoms with Gasteiger partial charge in [0.2, 0.25) is 0 Å². The molecule has 1 aliphatic rings. The van der Waals surface area contributed by atoms with Gasteiger partial charge in [-0.1, -0.05) is 23.8 Å². The highest BCUT2D eigenvalue weighted by Crippen LogP contribution is 2.34. The molecule has 0 spiro atoms. The van der Waals surface area contributed by atoms with Crippen LogP contribution in [0.1, 0.15) is 27.8 Å². The predicted molar refractivity (Wildman–Crippen MR) is 90.6 cm³/mol. The summed E-state index contributed by atoms with van der Waals surface area (Å²) in [7, 11) is 0. The molecular formula is C20H20N2. The van der Waals surface area contributed by atoms with Gasteiger partial charge in [0, 0.05) is 11.8 Å². The molecule has 110 valence electrons. The molecule has 1 aromatic heterocycles. The quantitative estimate of drug-likeness (QED) is 0.641. The second-order valence-electron chi connectivity index (χ2n) is 6.38. The van der Waals surface area contributed by atoms with Gasteiger partial charge in [0.1, 0.15) is 0 Å². The molecule has 0 atom stereocenters. The largest absolute Gasteiger partial charge is 0.240 e.